The van der Waals surface area contributed by atoms with Crippen molar-refractivity contribution in [3.63, 3.8) is 0 Å². The monoisotopic (exact) mass is 340 g/mol. The number of hydrogen-bond donors (Lipinski definition) is 0. The van der Waals surface area contributed by atoms with E-state index in [9.17, 15) is 0 Å². The van der Waals surface area contributed by atoms with Gasteiger partial charge in [-0.2, -0.15) is 0 Å². The fourth-order valence-corrected chi connectivity index (χ4v) is 2.96. The van der Waals surface area contributed by atoms with Crippen molar-refractivity contribution in [1.29, 1.82) is 0 Å². The zero-order valence-corrected chi connectivity index (χ0v) is 16.3. The molecule has 132 valence electrons. The zero-order valence-electron chi connectivity index (χ0n) is 16.3. The van der Waals surface area contributed by atoms with E-state index in [1.54, 1.807) is 0 Å². The molecule has 0 N–H and O–H groups in total. The third-order valence-corrected chi connectivity index (χ3v) is 4.29. The van der Waals surface area contributed by atoms with E-state index in [-0.39, 0.29) is 0 Å². The molecule has 0 aromatic rings. The average molecular weight is 340 g/mol. The first kappa shape index (κ1) is 19.8. The third-order valence-electron chi connectivity index (χ3n) is 4.29. The highest BCUT2D eigenvalue weighted by Crippen LogP contribution is 2.28. The first-order valence-corrected chi connectivity index (χ1v) is 9.34. The minimum atomic E-state index is 0.962. The van der Waals surface area contributed by atoms with Crippen LogP contribution in [0.15, 0.2) is 119 Å². The van der Waals surface area contributed by atoms with Gasteiger partial charge in [-0.15, -0.1) is 5.98 Å². The van der Waals surface area contributed by atoms with Crippen LogP contribution in [0, 0.1) is 0 Å². The van der Waals surface area contributed by atoms with E-state index in [0.29, 0.717) is 0 Å². The largest absolute Gasteiger partial charge is 0.179 e. The highest BCUT2D eigenvalue weighted by molar-refractivity contribution is 6.51. The molecule has 0 aromatic heterocycles. The van der Waals surface area contributed by atoms with Gasteiger partial charge < -0.3 is 0 Å². The molecule has 0 saturated carbocycles. The SMILES string of the molecule is C=C\C=C/C(/C=C/BC1=C2C=CCC=CC2=CC=C(C)C1)=C/C=C(C)C. The third kappa shape index (κ3) is 6.40. The molecule has 0 spiro atoms. The number of fused-ring (bicyclic) bond motifs is 1. The lowest BCUT2D eigenvalue weighted by Gasteiger charge is -2.10. The van der Waals surface area contributed by atoms with Crippen molar-refractivity contribution >= 4 is 7.28 Å². The van der Waals surface area contributed by atoms with E-state index in [1.807, 2.05) is 12.2 Å². The Labute approximate surface area is 160 Å². The van der Waals surface area contributed by atoms with Crippen molar-refractivity contribution in [3.8, 4) is 0 Å². The minimum Gasteiger partial charge on any atom is -0.113 e. The zero-order chi connectivity index (χ0) is 18.8. The standard InChI is InChI=1S/C25H29B/c1-5-6-10-22(15-13-20(2)3)17-18-26-25-19-21(4)14-16-23-11-8-7-9-12-24(23)25/h5-6,8-18,26H,1,7,19H2,2-4H3/b10-6-,18-17+,22-15-. The van der Waals surface area contributed by atoms with Crippen LogP contribution in [0.1, 0.15) is 33.6 Å². The molecule has 0 fully saturated rings. The van der Waals surface area contributed by atoms with Gasteiger partial charge in [0.1, 0.15) is 0 Å². The van der Waals surface area contributed by atoms with Crippen molar-refractivity contribution in [2.75, 3.05) is 0 Å². The van der Waals surface area contributed by atoms with E-state index < -0.39 is 0 Å². The Hall–Kier alpha value is -2.54. The van der Waals surface area contributed by atoms with E-state index in [2.05, 4.69) is 94.1 Å². The highest BCUT2D eigenvalue weighted by atomic mass is 14.1. The van der Waals surface area contributed by atoms with Crippen molar-refractivity contribution in [1.82, 2.24) is 0 Å². The molecule has 0 amide bonds. The molecule has 0 aromatic carbocycles. The molecule has 0 heterocycles. The number of allylic oxidation sites excluding steroid dienone is 18. The molecule has 0 radical (unpaired) electrons. The smallest absolute Gasteiger partial charge is 0.113 e. The molecular formula is C25H29B. The Morgan fingerprint density at radius 3 is 2.65 bits per heavy atom. The second-order valence-corrected chi connectivity index (χ2v) is 6.98. The predicted molar refractivity (Wildman–Crippen MR) is 120 cm³/mol. The molecule has 0 aliphatic heterocycles. The number of hydrogen-bond acceptors (Lipinski definition) is 0. The molecule has 2 aliphatic rings. The Morgan fingerprint density at radius 2 is 1.88 bits per heavy atom. The topological polar surface area (TPSA) is 0 Å². The molecule has 1 heteroatoms. The van der Waals surface area contributed by atoms with Crippen molar-refractivity contribution in [2.24, 2.45) is 0 Å². The second kappa shape index (κ2) is 10.5. The lowest BCUT2D eigenvalue weighted by molar-refractivity contribution is 1.18. The van der Waals surface area contributed by atoms with Crippen molar-refractivity contribution in [3.05, 3.63) is 119 Å². The summed E-state index contributed by atoms with van der Waals surface area (Å²) < 4.78 is 0. The van der Waals surface area contributed by atoms with Crippen LogP contribution in [0.5, 0.6) is 0 Å². The lowest BCUT2D eigenvalue weighted by atomic mass is 9.64. The van der Waals surface area contributed by atoms with Crippen LogP contribution in [0.4, 0.5) is 0 Å². The fourth-order valence-electron chi connectivity index (χ4n) is 2.96. The normalized spacial score (nSPS) is 17.6. The number of rotatable bonds is 6. The van der Waals surface area contributed by atoms with Gasteiger partial charge in [-0.05, 0) is 50.3 Å². The van der Waals surface area contributed by atoms with Crippen LogP contribution >= 0.6 is 0 Å². The molecule has 0 unspecified atom stereocenters. The van der Waals surface area contributed by atoms with Crippen LogP contribution in [-0.2, 0) is 0 Å². The maximum Gasteiger partial charge on any atom is 0.179 e. The summed E-state index contributed by atoms with van der Waals surface area (Å²) in [5.41, 5.74) is 8.08. The van der Waals surface area contributed by atoms with Crippen LogP contribution in [-0.4, -0.2) is 7.28 Å². The molecule has 0 bridgehead atoms. The Bertz CT molecular complexity index is 795. The minimum absolute atomic E-state index is 0.962. The van der Waals surface area contributed by atoms with E-state index in [1.165, 1.54) is 33.3 Å². The molecule has 26 heavy (non-hydrogen) atoms. The Kier molecular flexibility index (Phi) is 7.96. The fraction of sp³-hybridized carbons (Fsp3) is 0.200. The molecule has 2 aliphatic carbocycles. The van der Waals surface area contributed by atoms with E-state index >= 15 is 0 Å². The highest BCUT2D eigenvalue weighted by Gasteiger charge is 2.12. The van der Waals surface area contributed by atoms with Crippen molar-refractivity contribution in [2.45, 2.75) is 33.6 Å². The van der Waals surface area contributed by atoms with Gasteiger partial charge in [0, 0.05) is 0 Å². The lowest BCUT2D eigenvalue weighted by Crippen LogP contribution is -1.99. The summed E-state index contributed by atoms with van der Waals surface area (Å²) in [5, 5.41) is 0. The summed E-state index contributed by atoms with van der Waals surface area (Å²) in [7, 11) is 0.962. The summed E-state index contributed by atoms with van der Waals surface area (Å²) in [4.78, 5) is 0. The Balaban J connectivity index is 2.26. The molecule has 0 atom stereocenters. The summed E-state index contributed by atoms with van der Waals surface area (Å²) >= 11 is 0. The predicted octanol–water partition coefficient (Wildman–Crippen LogP) is 6.62. The van der Waals surface area contributed by atoms with Crippen LogP contribution in [0.2, 0.25) is 0 Å². The quantitative estimate of drug-likeness (QED) is 0.376. The average Bonchev–Trinajstić information content (AvgIpc) is 2.92. The van der Waals surface area contributed by atoms with E-state index in [4.69, 9.17) is 0 Å². The summed E-state index contributed by atoms with van der Waals surface area (Å²) in [6.07, 6.45) is 28.0. The molecular weight excluding hydrogens is 311 g/mol. The van der Waals surface area contributed by atoms with Crippen LogP contribution < -0.4 is 0 Å². The second-order valence-electron chi connectivity index (χ2n) is 6.98. The molecule has 0 saturated heterocycles. The van der Waals surface area contributed by atoms with Gasteiger partial charge in [-0.3, -0.25) is 0 Å². The molecule has 0 nitrogen and oxygen atoms in total. The maximum absolute atomic E-state index is 3.77. The maximum atomic E-state index is 3.77. The Morgan fingerprint density at radius 1 is 1.08 bits per heavy atom. The summed E-state index contributed by atoms with van der Waals surface area (Å²) in [6, 6.07) is 0. The first-order valence-electron chi connectivity index (χ1n) is 9.34. The van der Waals surface area contributed by atoms with Gasteiger partial charge >= 0.3 is 0 Å². The first-order chi connectivity index (χ1) is 12.6. The van der Waals surface area contributed by atoms with Gasteiger partial charge in [0.25, 0.3) is 0 Å². The van der Waals surface area contributed by atoms with Gasteiger partial charge in [-0.1, -0.05) is 96.1 Å². The van der Waals surface area contributed by atoms with Gasteiger partial charge in [0.2, 0.25) is 0 Å². The van der Waals surface area contributed by atoms with Crippen LogP contribution in [0.3, 0.4) is 0 Å². The molecule has 2 rings (SSSR count). The van der Waals surface area contributed by atoms with Gasteiger partial charge in [0.05, 0.1) is 0 Å². The van der Waals surface area contributed by atoms with Gasteiger partial charge in [0.15, 0.2) is 7.28 Å². The van der Waals surface area contributed by atoms with E-state index in [0.717, 1.165) is 20.1 Å². The summed E-state index contributed by atoms with van der Waals surface area (Å²) in [6.45, 7) is 10.2. The summed E-state index contributed by atoms with van der Waals surface area (Å²) in [5.74, 6) is 2.28. The van der Waals surface area contributed by atoms with Gasteiger partial charge in [-0.25, -0.2) is 0 Å². The van der Waals surface area contributed by atoms with Crippen LogP contribution in [0.25, 0.3) is 0 Å². The van der Waals surface area contributed by atoms with Crippen molar-refractivity contribution < 1.29 is 0 Å².